The van der Waals surface area contributed by atoms with Crippen LogP contribution in [0.15, 0.2) is 30.9 Å². The summed E-state index contributed by atoms with van der Waals surface area (Å²) in [6.45, 7) is 12.2. The highest BCUT2D eigenvalue weighted by molar-refractivity contribution is 5.67. The maximum absolute atomic E-state index is 4.42. The second-order valence-electron chi connectivity index (χ2n) is 4.67. The average Bonchev–Trinajstić information content (AvgIpc) is 2.66. The molecule has 1 heterocycles. The number of hydrogen-bond donors (Lipinski definition) is 1. The highest BCUT2D eigenvalue weighted by atomic mass is 15.2. The van der Waals surface area contributed by atoms with Crippen molar-refractivity contribution >= 4 is 5.57 Å². The minimum absolute atomic E-state index is 0.0153. The Morgan fingerprint density at radius 3 is 2.50 bits per heavy atom. The summed E-state index contributed by atoms with van der Waals surface area (Å²) in [5.74, 6) is 1.54. The van der Waals surface area contributed by atoms with Gasteiger partial charge >= 0.3 is 0 Å². The van der Waals surface area contributed by atoms with E-state index in [1.165, 1.54) is 0 Å². The Labute approximate surface area is 97.0 Å². The lowest BCUT2D eigenvalue weighted by molar-refractivity contribution is 0.548. The van der Waals surface area contributed by atoms with Gasteiger partial charge < -0.3 is 0 Å². The Morgan fingerprint density at radius 1 is 1.31 bits per heavy atom. The Hall–Kier alpha value is -1.64. The van der Waals surface area contributed by atoms with Gasteiger partial charge in [-0.3, -0.25) is 5.10 Å². The molecule has 0 saturated heterocycles. The van der Waals surface area contributed by atoms with Gasteiger partial charge in [0.25, 0.3) is 0 Å². The molecule has 0 atom stereocenters. The van der Waals surface area contributed by atoms with E-state index in [0.29, 0.717) is 5.82 Å². The van der Waals surface area contributed by atoms with Crippen molar-refractivity contribution in [2.45, 2.75) is 33.1 Å². The first-order valence-electron chi connectivity index (χ1n) is 5.36. The molecule has 3 nitrogen and oxygen atoms in total. The molecule has 0 fully saturated rings. The molecule has 1 rings (SSSR count). The number of H-pyrrole nitrogens is 1. The molecule has 0 aromatic carbocycles. The number of allylic oxidation sites excluding steroid dienone is 5. The molecule has 1 N–H and O–H groups in total. The number of hydrogen-bond acceptors (Lipinski definition) is 2. The summed E-state index contributed by atoms with van der Waals surface area (Å²) in [7, 11) is 0. The molecular formula is C13H19N3. The van der Waals surface area contributed by atoms with Crippen LogP contribution in [0.25, 0.3) is 5.57 Å². The molecule has 0 unspecified atom stereocenters. The molecule has 86 valence electrons. The van der Waals surface area contributed by atoms with Gasteiger partial charge in [-0.1, -0.05) is 51.7 Å². The van der Waals surface area contributed by atoms with Crippen molar-refractivity contribution in [1.29, 1.82) is 0 Å². The molecule has 0 aliphatic rings. The molecular weight excluding hydrogens is 198 g/mol. The zero-order valence-electron chi connectivity index (χ0n) is 10.4. The van der Waals surface area contributed by atoms with Gasteiger partial charge in [-0.15, -0.1) is 0 Å². The topological polar surface area (TPSA) is 41.6 Å². The van der Waals surface area contributed by atoms with Gasteiger partial charge in [-0.25, -0.2) is 4.98 Å². The van der Waals surface area contributed by atoms with E-state index < -0.39 is 0 Å². The smallest absolute Gasteiger partial charge is 0.180 e. The van der Waals surface area contributed by atoms with Crippen LogP contribution in [0.1, 0.15) is 39.3 Å². The molecule has 1 aromatic heterocycles. The second kappa shape index (κ2) is 4.92. The Morgan fingerprint density at radius 2 is 2.00 bits per heavy atom. The van der Waals surface area contributed by atoms with E-state index in [9.17, 15) is 0 Å². The zero-order chi connectivity index (χ0) is 12.2. The van der Waals surface area contributed by atoms with Crippen molar-refractivity contribution in [2.24, 2.45) is 0 Å². The molecule has 0 aliphatic heterocycles. The standard InChI is InChI=1S/C13H19N3/c1-6-7-8-9-10(2)11-14-12(16-15-11)13(3,4)5/h6-9H,2H2,1,3-5H3,(H,14,15,16)/b7-6?,9-8-. The van der Waals surface area contributed by atoms with Crippen LogP contribution >= 0.6 is 0 Å². The SMILES string of the molecule is C=C(/C=C\C=CC)c1n[nH]c(C(C)(C)C)n1. The van der Waals surface area contributed by atoms with Crippen LogP contribution in [-0.4, -0.2) is 15.2 Å². The maximum Gasteiger partial charge on any atom is 0.180 e. The van der Waals surface area contributed by atoms with E-state index in [-0.39, 0.29) is 5.41 Å². The molecule has 0 saturated carbocycles. The van der Waals surface area contributed by atoms with Crippen molar-refractivity contribution in [1.82, 2.24) is 15.2 Å². The predicted molar refractivity (Wildman–Crippen MR) is 68.1 cm³/mol. The van der Waals surface area contributed by atoms with Crippen molar-refractivity contribution in [3.8, 4) is 0 Å². The summed E-state index contributed by atoms with van der Waals surface area (Å²) in [6, 6.07) is 0. The third-order valence-electron chi connectivity index (χ3n) is 2.08. The van der Waals surface area contributed by atoms with Gasteiger partial charge in [0.1, 0.15) is 5.82 Å². The van der Waals surface area contributed by atoms with Gasteiger partial charge in [0.2, 0.25) is 0 Å². The third-order valence-corrected chi connectivity index (χ3v) is 2.08. The monoisotopic (exact) mass is 217 g/mol. The number of nitrogens with one attached hydrogen (secondary N) is 1. The normalized spacial score (nSPS) is 12.8. The fraction of sp³-hybridized carbons (Fsp3) is 0.385. The van der Waals surface area contributed by atoms with Crippen LogP contribution in [0.4, 0.5) is 0 Å². The van der Waals surface area contributed by atoms with Crippen LogP contribution in [0, 0.1) is 0 Å². The molecule has 0 amide bonds. The van der Waals surface area contributed by atoms with Gasteiger partial charge in [0.05, 0.1) is 0 Å². The lowest BCUT2D eigenvalue weighted by atomic mass is 9.96. The summed E-state index contributed by atoms with van der Waals surface area (Å²) >= 11 is 0. The fourth-order valence-electron chi connectivity index (χ4n) is 1.10. The number of rotatable bonds is 3. The van der Waals surface area contributed by atoms with Crippen molar-refractivity contribution in [2.75, 3.05) is 0 Å². The molecule has 0 spiro atoms. The highest BCUT2D eigenvalue weighted by Crippen LogP contribution is 2.19. The van der Waals surface area contributed by atoms with Gasteiger partial charge in [0, 0.05) is 11.0 Å². The molecule has 1 aromatic rings. The second-order valence-corrected chi connectivity index (χ2v) is 4.67. The first kappa shape index (κ1) is 12.4. The van der Waals surface area contributed by atoms with Crippen LogP contribution in [0.5, 0.6) is 0 Å². The molecule has 3 heteroatoms. The van der Waals surface area contributed by atoms with Crippen LogP contribution in [-0.2, 0) is 5.41 Å². The quantitative estimate of drug-likeness (QED) is 0.790. The van der Waals surface area contributed by atoms with Gasteiger partial charge in [0.15, 0.2) is 5.82 Å². The lowest BCUT2D eigenvalue weighted by Gasteiger charge is -2.12. The lowest BCUT2D eigenvalue weighted by Crippen LogP contribution is -2.13. The average molecular weight is 217 g/mol. The van der Waals surface area contributed by atoms with E-state index in [2.05, 4.69) is 42.5 Å². The molecule has 0 radical (unpaired) electrons. The van der Waals surface area contributed by atoms with E-state index >= 15 is 0 Å². The Balaban J connectivity index is 2.83. The van der Waals surface area contributed by atoms with Gasteiger partial charge in [-0.05, 0) is 6.92 Å². The van der Waals surface area contributed by atoms with E-state index in [1.807, 2.05) is 31.2 Å². The van der Waals surface area contributed by atoms with Crippen molar-refractivity contribution in [3.05, 3.63) is 42.5 Å². The third kappa shape index (κ3) is 3.19. The Kier molecular flexibility index (Phi) is 3.82. The molecule has 0 bridgehead atoms. The molecule has 16 heavy (non-hydrogen) atoms. The maximum atomic E-state index is 4.42. The summed E-state index contributed by atoms with van der Waals surface area (Å²) in [5, 5.41) is 7.09. The molecule has 0 aliphatic carbocycles. The minimum atomic E-state index is -0.0153. The van der Waals surface area contributed by atoms with Crippen LogP contribution in [0.2, 0.25) is 0 Å². The van der Waals surface area contributed by atoms with Crippen LogP contribution in [0.3, 0.4) is 0 Å². The first-order chi connectivity index (χ1) is 7.45. The van der Waals surface area contributed by atoms with E-state index in [0.717, 1.165) is 11.4 Å². The fourth-order valence-corrected chi connectivity index (χ4v) is 1.10. The summed E-state index contributed by atoms with van der Waals surface area (Å²) in [5.41, 5.74) is 0.795. The van der Waals surface area contributed by atoms with E-state index in [1.54, 1.807) is 0 Å². The van der Waals surface area contributed by atoms with Crippen molar-refractivity contribution < 1.29 is 0 Å². The number of aromatic amines is 1. The van der Waals surface area contributed by atoms with E-state index in [4.69, 9.17) is 0 Å². The zero-order valence-corrected chi connectivity index (χ0v) is 10.4. The first-order valence-corrected chi connectivity index (χ1v) is 5.36. The minimum Gasteiger partial charge on any atom is -0.262 e. The number of aromatic nitrogens is 3. The Bertz CT molecular complexity index is 417. The predicted octanol–water partition coefficient (Wildman–Crippen LogP) is 3.25. The van der Waals surface area contributed by atoms with Crippen molar-refractivity contribution in [3.63, 3.8) is 0 Å². The number of nitrogens with zero attached hydrogens (tertiary/aromatic N) is 2. The van der Waals surface area contributed by atoms with Crippen LogP contribution < -0.4 is 0 Å². The highest BCUT2D eigenvalue weighted by Gasteiger charge is 2.18. The summed E-state index contributed by atoms with van der Waals surface area (Å²) in [4.78, 5) is 4.42. The largest absolute Gasteiger partial charge is 0.262 e. The summed E-state index contributed by atoms with van der Waals surface area (Å²) in [6.07, 6.45) is 7.73. The van der Waals surface area contributed by atoms with Gasteiger partial charge in [-0.2, -0.15) is 5.10 Å². The summed E-state index contributed by atoms with van der Waals surface area (Å²) < 4.78 is 0.